The summed E-state index contributed by atoms with van der Waals surface area (Å²) in [6.07, 6.45) is 0.735. The summed E-state index contributed by atoms with van der Waals surface area (Å²) in [6, 6.07) is 1.85. The fourth-order valence-electron chi connectivity index (χ4n) is 1.77. The van der Waals surface area contributed by atoms with Gasteiger partial charge >= 0.3 is 5.97 Å². The average Bonchev–Trinajstić information content (AvgIpc) is 2.35. The molecule has 0 aliphatic carbocycles. The lowest BCUT2D eigenvalue weighted by molar-refractivity contribution is -0.137. The maximum atomic E-state index is 11.7. The Morgan fingerprint density at radius 2 is 1.85 bits per heavy atom. The Kier molecular flexibility index (Phi) is 4.96. The molecule has 1 unspecified atom stereocenters. The zero-order chi connectivity index (χ0) is 15.5. The number of sulfone groups is 1. The first-order valence-corrected chi connectivity index (χ1v) is 7.53. The third-order valence-electron chi connectivity index (χ3n) is 2.71. The van der Waals surface area contributed by atoms with Crippen molar-refractivity contribution < 1.29 is 27.8 Å². The van der Waals surface area contributed by atoms with Crippen LogP contribution in [0.25, 0.3) is 0 Å². The van der Waals surface area contributed by atoms with Gasteiger partial charge in [-0.25, -0.2) is 8.42 Å². The standard InChI is InChI=1S/C12H17NO6S/c1-18-9-6-11(20(3,16)17)10(19-2)4-7(9)8(13)5-12(14)15/h4,6,8H,5,13H2,1-3H3,(H,14,15). The van der Waals surface area contributed by atoms with Crippen molar-refractivity contribution in [3.63, 3.8) is 0 Å². The van der Waals surface area contributed by atoms with Gasteiger partial charge in [0.05, 0.1) is 20.6 Å². The largest absolute Gasteiger partial charge is 0.496 e. The molecule has 1 rings (SSSR count). The van der Waals surface area contributed by atoms with E-state index in [1.807, 2.05) is 0 Å². The maximum Gasteiger partial charge on any atom is 0.305 e. The molecule has 0 radical (unpaired) electrons. The van der Waals surface area contributed by atoms with Crippen molar-refractivity contribution >= 4 is 15.8 Å². The molecule has 0 spiro atoms. The van der Waals surface area contributed by atoms with E-state index >= 15 is 0 Å². The molecule has 0 fully saturated rings. The molecule has 0 heterocycles. The van der Waals surface area contributed by atoms with Crippen LogP contribution in [0.1, 0.15) is 18.0 Å². The van der Waals surface area contributed by atoms with Crippen molar-refractivity contribution in [3.8, 4) is 11.5 Å². The summed E-state index contributed by atoms with van der Waals surface area (Å²) in [5, 5.41) is 8.77. The number of methoxy groups -OCH3 is 2. The van der Waals surface area contributed by atoms with E-state index in [1.165, 1.54) is 26.4 Å². The molecule has 0 bridgehead atoms. The fourth-order valence-corrected chi connectivity index (χ4v) is 2.60. The molecule has 0 aliphatic rings. The third-order valence-corrected chi connectivity index (χ3v) is 3.83. The van der Waals surface area contributed by atoms with Crippen LogP contribution in [0.4, 0.5) is 0 Å². The Bertz CT molecular complexity index is 611. The molecule has 112 valence electrons. The summed E-state index contributed by atoms with van der Waals surface area (Å²) in [5.74, 6) is -0.755. The van der Waals surface area contributed by atoms with Crippen LogP contribution in [0.3, 0.4) is 0 Å². The molecule has 8 heteroatoms. The van der Waals surface area contributed by atoms with Crippen LogP contribution in [0.15, 0.2) is 17.0 Å². The molecule has 0 aromatic heterocycles. The lowest BCUT2D eigenvalue weighted by Crippen LogP contribution is -2.16. The highest BCUT2D eigenvalue weighted by Gasteiger charge is 2.22. The van der Waals surface area contributed by atoms with E-state index < -0.39 is 21.8 Å². The normalized spacial score (nSPS) is 12.8. The van der Waals surface area contributed by atoms with E-state index in [4.69, 9.17) is 20.3 Å². The molecule has 1 aromatic rings. The van der Waals surface area contributed by atoms with Gasteiger partial charge in [-0.05, 0) is 6.07 Å². The minimum Gasteiger partial charge on any atom is -0.496 e. The first-order valence-electron chi connectivity index (χ1n) is 5.64. The quantitative estimate of drug-likeness (QED) is 0.789. The van der Waals surface area contributed by atoms with Crippen LogP contribution in [0.5, 0.6) is 11.5 Å². The second kappa shape index (κ2) is 6.10. The number of rotatable bonds is 6. The van der Waals surface area contributed by atoms with Crippen molar-refractivity contribution in [2.45, 2.75) is 17.4 Å². The summed E-state index contributed by atoms with van der Waals surface area (Å²) < 4.78 is 33.5. The average molecular weight is 303 g/mol. The highest BCUT2D eigenvalue weighted by atomic mass is 32.2. The van der Waals surface area contributed by atoms with Gasteiger partial charge in [-0.1, -0.05) is 0 Å². The molecule has 1 atom stereocenters. The Balaban J connectivity index is 3.44. The molecule has 0 saturated heterocycles. The van der Waals surface area contributed by atoms with E-state index in [0.717, 1.165) is 6.26 Å². The van der Waals surface area contributed by atoms with Crippen LogP contribution < -0.4 is 15.2 Å². The molecular weight excluding hydrogens is 286 g/mol. The van der Waals surface area contributed by atoms with E-state index in [2.05, 4.69) is 0 Å². The van der Waals surface area contributed by atoms with Gasteiger partial charge in [0.25, 0.3) is 0 Å². The Morgan fingerprint density at radius 1 is 1.30 bits per heavy atom. The van der Waals surface area contributed by atoms with Crippen LogP contribution in [-0.2, 0) is 14.6 Å². The van der Waals surface area contributed by atoms with Crippen molar-refractivity contribution in [2.24, 2.45) is 5.73 Å². The van der Waals surface area contributed by atoms with Crippen LogP contribution in [0, 0.1) is 0 Å². The molecule has 3 N–H and O–H groups in total. The minimum atomic E-state index is -3.51. The molecule has 20 heavy (non-hydrogen) atoms. The smallest absolute Gasteiger partial charge is 0.305 e. The topological polar surface area (TPSA) is 116 Å². The number of carbonyl (C=O) groups is 1. The first-order chi connectivity index (χ1) is 9.20. The van der Waals surface area contributed by atoms with Crippen LogP contribution in [0.2, 0.25) is 0 Å². The zero-order valence-corrected chi connectivity index (χ0v) is 12.2. The van der Waals surface area contributed by atoms with Gasteiger partial charge in [0.15, 0.2) is 9.84 Å². The zero-order valence-electron chi connectivity index (χ0n) is 11.4. The predicted octanol–water partition coefficient (Wildman–Crippen LogP) is 0.582. The van der Waals surface area contributed by atoms with Crippen molar-refractivity contribution in [2.75, 3.05) is 20.5 Å². The van der Waals surface area contributed by atoms with Gasteiger partial charge in [0.2, 0.25) is 0 Å². The van der Waals surface area contributed by atoms with Gasteiger partial charge in [-0.2, -0.15) is 0 Å². The maximum absolute atomic E-state index is 11.7. The molecular formula is C12H17NO6S. The van der Waals surface area contributed by atoms with Crippen LogP contribution >= 0.6 is 0 Å². The van der Waals surface area contributed by atoms with Crippen molar-refractivity contribution in [1.29, 1.82) is 0 Å². The highest BCUT2D eigenvalue weighted by Crippen LogP contribution is 2.35. The van der Waals surface area contributed by atoms with Gasteiger partial charge in [-0.3, -0.25) is 4.79 Å². The molecule has 1 aromatic carbocycles. The number of hydrogen-bond acceptors (Lipinski definition) is 6. The number of aliphatic carboxylic acids is 1. The number of hydrogen-bond donors (Lipinski definition) is 2. The van der Waals surface area contributed by atoms with Crippen molar-refractivity contribution in [1.82, 2.24) is 0 Å². The van der Waals surface area contributed by atoms with E-state index in [0.29, 0.717) is 5.56 Å². The van der Waals surface area contributed by atoms with Gasteiger partial charge in [-0.15, -0.1) is 0 Å². The summed E-state index contributed by atoms with van der Waals surface area (Å²) in [7, 11) is -0.831. The molecule has 0 aliphatic heterocycles. The monoisotopic (exact) mass is 303 g/mol. The summed E-state index contributed by atoms with van der Waals surface area (Å²) in [5.41, 5.74) is 6.16. The number of benzene rings is 1. The second-order valence-corrected chi connectivity index (χ2v) is 6.21. The number of carboxylic acid groups (broad SMARTS) is 1. The lowest BCUT2D eigenvalue weighted by Gasteiger charge is -2.17. The summed E-state index contributed by atoms with van der Waals surface area (Å²) >= 11 is 0. The van der Waals surface area contributed by atoms with Gasteiger partial charge < -0.3 is 20.3 Å². The van der Waals surface area contributed by atoms with Crippen LogP contribution in [-0.4, -0.2) is 40.0 Å². The minimum absolute atomic E-state index is 0.0388. The van der Waals surface area contributed by atoms with E-state index in [1.54, 1.807) is 0 Å². The SMILES string of the molecule is COc1cc(S(C)(=O)=O)c(OC)cc1C(N)CC(=O)O. The molecule has 7 nitrogen and oxygen atoms in total. The Morgan fingerprint density at radius 3 is 2.25 bits per heavy atom. The van der Waals surface area contributed by atoms with Gasteiger partial charge in [0, 0.05) is 23.9 Å². The number of ether oxygens (including phenoxy) is 2. The predicted molar refractivity (Wildman–Crippen MR) is 71.8 cm³/mol. The fraction of sp³-hybridized carbons (Fsp3) is 0.417. The summed E-state index contributed by atoms with van der Waals surface area (Å²) in [6.45, 7) is 0. The summed E-state index contributed by atoms with van der Waals surface area (Å²) in [4.78, 5) is 10.7. The Hall–Kier alpha value is -1.80. The Labute approximate surface area is 117 Å². The molecule has 0 saturated carbocycles. The van der Waals surface area contributed by atoms with Gasteiger partial charge in [0.1, 0.15) is 16.4 Å². The highest BCUT2D eigenvalue weighted by molar-refractivity contribution is 7.90. The molecule has 0 amide bonds. The lowest BCUT2D eigenvalue weighted by atomic mass is 10.0. The van der Waals surface area contributed by atoms with E-state index in [-0.39, 0.29) is 22.8 Å². The first kappa shape index (κ1) is 16.3. The van der Waals surface area contributed by atoms with Crippen molar-refractivity contribution in [3.05, 3.63) is 17.7 Å². The number of carboxylic acids is 1. The number of nitrogens with two attached hydrogens (primary N) is 1. The third kappa shape index (κ3) is 3.61. The second-order valence-electron chi connectivity index (χ2n) is 4.22. The van der Waals surface area contributed by atoms with E-state index in [9.17, 15) is 13.2 Å².